The lowest BCUT2D eigenvalue weighted by Crippen LogP contribution is -1.91. The SMILES string of the molecule is COc1ccc2nc(Nc3c(Cl)cc(Br)cc3Cl)sc2c1. The third-order valence-electron chi connectivity index (χ3n) is 2.83. The Bertz CT molecular complexity index is 799. The third kappa shape index (κ3) is 3.11. The normalized spacial score (nSPS) is 10.9. The Hall–Kier alpha value is -1.01. The van der Waals surface area contributed by atoms with Crippen LogP contribution < -0.4 is 10.1 Å². The number of thiazole rings is 1. The minimum atomic E-state index is 0.534. The molecule has 3 aromatic rings. The molecule has 21 heavy (non-hydrogen) atoms. The maximum Gasteiger partial charge on any atom is 0.188 e. The summed E-state index contributed by atoms with van der Waals surface area (Å²) in [5.74, 6) is 0.803. The van der Waals surface area contributed by atoms with Crippen molar-refractivity contribution >= 4 is 71.5 Å². The van der Waals surface area contributed by atoms with Crippen molar-refractivity contribution in [3.8, 4) is 5.75 Å². The standard InChI is InChI=1S/C14H9BrCl2N2OS/c1-20-8-2-3-11-12(6-8)21-14(18-11)19-13-9(16)4-7(15)5-10(13)17/h2-6H,1H3,(H,18,19). The molecule has 0 aliphatic carbocycles. The van der Waals surface area contributed by atoms with Gasteiger partial charge in [0.2, 0.25) is 0 Å². The number of anilines is 2. The molecule has 0 fully saturated rings. The summed E-state index contributed by atoms with van der Waals surface area (Å²) >= 11 is 17.3. The van der Waals surface area contributed by atoms with Crippen LogP contribution >= 0.6 is 50.5 Å². The lowest BCUT2D eigenvalue weighted by molar-refractivity contribution is 0.415. The van der Waals surface area contributed by atoms with E-state index in [2.05, 4.69) is 26.2 Å². The van der Waals surface area contributed by atoms with Gasteiger partial charge in [0, 0.05) is 4.47 Å². The summed E-state index contributed by atoms with van der Waals surface area (Å²) in [6.07, 6.45) is 0. The van der Waals surface area contributed by atoms with Crippen LogP contribution in [-0.4, -0.2) is 12.1 Å². The zero-order chi connectivity index (χ0) is 15.0. The van der Waals surface area contributed by atoms with Gasteiger partial charge in [-0.1, -0.05) is 50.5 Å². The number of ether oxygens (including phenoxy) is 1. The van der Waals surface area contributed by atoms with E-state index in [1.807, 2.05) is 18.2 Å². The van der Waals surface area contributed by atoms with E-state index in [9.17, 15) is 0 Å². The van der Waals surface area contributed by atoms with E-state index in [1.54, 1.807) is 19.2 Å². The minimum Gasteiger partial charge on any atom is -0.497 e. The highest BCUT2D eigenvalue weighted by Gasteiger charge is 2.11. The van der Waals surface area contributed by atoms with Gasteiger partial charge in [-0.3, -0.25) is 0 Å². The van der Waals surface area contributed by atoms with Gasteiger partial charge < -0.3 is 10.1 Å². The van der Waals surface area contributed by atoms with Crippen LogP contribution in [0.3, 0.4) is 0 Å². The van der Waals surface area contributed by atoms with Gasteiger partial charge in [-0.15, -0.1) is 0 Å². The van der Waals surface area contributed by atoms with E-state index in [0.29, 0.717) is 15.7 Å². The Balaban J connectivity index is 1.98. The third-order valence-corrected chi connectivity index (χ3v) is 4.82. The molecule has 0 saturated carbocycles. The average Bonchev–Trinajstić information content (AvgIpc) is 2.84. The Morgan fingerprint density at radius 3 is 2.57 bits per heavy atom. The number of methoxy groups -OCH3 is 1. The molecule has 1 aromatic heterocycles. The smallest absolute Gasteiger partial charge is 0.188 e. The van der Waals surface area contributed by atoms with Crippen molar-refractivity contribution in [1.29, 1.82) is 0 Å². The summed E-state index contributed by atoms with van der Waals surface area (Å²) in [4.78, 5) is 4.51. The van der Waals surface area contributed by atoms with Gasteiger partial charge in [0.05, 0.1) is 33.1 Å². The second-order valence-electron chi connectivity index (χ2n) is 4.22. The Kier molecular flexibility index (Phi) is 4.26. The molecule has 0 bridgehead atoms. The zero-order valence-electron chi connectivity index (χ0n) is 10.8. The predicted molar refractivity (Wildman–Crippen MR) is 93.6 cm³/mol. The van der Waals surface area contributed by atoms with Crippen LogP contribution in [0.2, 0.25) is 10.0 Å². The average molecular weight is 404 g/mol. The molecule has 3 rings (SSSR count). The molecule has 0 aliphatic heterocycles. The van der Waals surface area contributed by atoms with E-state index >= 15 is 0 Å². The van der Waals surface area contributed by atoms with Crippen LogP contribution in [0, 0.1) is 0 Å². The van der Waals surface area contributed by atoms with Crippen molar-refractivity contribution in [2.45, 2.75) is 0 Å². The molecule has 0 radical (unpaired) electrons. The molecule has 0 unspecified atom stereocenters. The highest BCUT2D eigenvalue weighted by Crippen LogP contribution is 2.38. The lowest BCUT2D eigenvalue weighted by atomic mass is 10.3. The number of hydrogen-bond acceptors (Lipinski definition) is 4. The Morgan fingerprint density at radius 1 is 1.19 bits per heavy atom. The summed E-state index contributed by atoms with van der Waals surface area (Å²) in [7, 11) is 1.64. The highest BCUT2D eigenvalue weighted by molar-refractivity contribution is 9.10. The quantitative estimate of drug-likeness (QED) is 0.572. The van der Waals surface area contributed by atoms with Crippen LogP contribution in [0.15, 0.2) is 34.8 Å². The van der Waals surface area contributed by atoms with Crippen LogP contribution in [0.5, 0.6) is 5.75 Å². The molecule has 0 spiro atoms. The predicted octanol–water partition coefficient (Wildman–Crippen LogP) is 6.12. The van der Waals surface area contributed by atoms with Crippen molar-refractivity contribution in [2.75, 3.05) is 12.4 Å². The molecule has 2 aromatic carbocycles. The van der Waals surface area contributed by atoms with Crippen molar-refractivity contribution in [2.24, 2.45) is 0 Å². The Morgan fingerprint density at radius 2 is 1.90 bits per heavy atom. The first-order chi connectivity index (χ1) is 10.1. The van der Waals surface area contributed by atoms with Crippen molar-refractivity contribution in [1.82, 2.24) is 4.98 Å². The number of benzene rings is 2. The molecule has 3 nitrogen and oxygen atoms in total. The fraction of sp³-hybridized carbons (Fsp3) is 0.0714. The first kappa shape index (κ1) is 14.9. The van der Waals surface area contributed by atoms with Crippen LogP contribution in [0.1, 0.15) is 0 Å². The lowest BCUT2D eigenvalue weighted by Gasteiger charge is -2.08. The summed E-state index contributed by atoms with van der Waals surface area (Å²) in [5, 5.41) is 4.97. The zero-order valence-corrected chi connectivity index (χ0v) is 14.7. The van der Waals surface area contributed by atoms with Gasteiger partial charge in [0.1, 0.15) is 5.75 Å². The summed E-state index contributed by atoms with van der Waals surface area (Å²) < 4.78 is 7.07. The van der Waals surface area contributed by atoms with Crippen LogP contribution in [0.25, 0.3) is 10.2 Å². The van der Waals surface area contributed by atoms with Crippen molar-refractivity contribution < 1.29 is 4.74 Å². The maximum absolute atomic E-state index is 6.21. The van der Waals surface area contributed by atoms with Crippen LogP contribution in [-0.2, 0) is 0 Å². The summed E-state index contributed by atoms with van der Waals surface area (Å²) in [6, 6.07) is 9.31. The first-order valence-corrected chi connectivity index (χ1v) is 8.29. The number of aromatic nitrogens is 1. The molecule has 0 aliphatic rings. The molecule has 108 valence electrons. The van der Waals surface area contributed by atoms with Gasteiger partial charge in [-0.05, 0) is 30.3 Å². The van der Waals surface area contributed by atoms with Gasteiger partial charge in [-0.25, -0.2) is 4.98 Å². The van der Waals surface area contributed by atoms with E-state index < -0.39 is 0 Å². The van der Waals surface area contributed by atoms with E-state index in [4.69, 9.17) is 27.9 Å². The topological polar surface area (TPSA) is 34.1 Å². The molecule has 0 saturated heterocycles. The maximum atomic E-state index is 6.21. The minimum absolute atomic E-state index is 0.534. The molecule has 0 amide bonds. The van der Waals surface area contributed by atoms with Crippen molar-refractivity contribution in [3.63, 3.8) is 0 Å². The van der Waals surface area contributed by atoms with Gasteiger partial charge in [0.15, 0.2) is 5.13 Å². The largest absolute Gasteiger partial charge is 0.497 e. The van der Waals surface area contributed by atoms with E-state index in [0.717, 1.165) is 25.6 Å². The molecule has 7 heteroatoms. The first-order valence-electron chi connectivity index (χ1n) is 5.93. The molecule has 1 heterocycles. The van der Waals surface area contributed by atoms with Gasteiger partial charge in [0.25, 0.3) is 0 Å². The second-order valence-corrected chi connectivity index (χ2v) is 6.98. The number of hydrogen-bond donors (Lipinski definition) is 1. The number of halogens is 3. The molecule has 0 atom stereocenters. The van der Waals surface area contributed by atoms with Crippen molar-refractivity contribution in [3.05, 3.63) is 44.8 Å². The van der Waals surface area contributed by atoms with E-state index in [1.165, 1.54) is 11.3 Å². The number of nitrogens with one attached hydrogen (secondary N) is 1. The van der Waals surface area contributed by atoms with Crippen LogP contribution in [0.4, 0.5) is 10.8 Å². The highest BCUT2D eigenvalue weighted by atomic mass is 79.9. The fourth-order valence-corrected chi connectivity index (χ4v) is 4.06. The summed E-state index contributed by atoms with van der Waals surface area (Å²) in [6.45, 7) is 0. The number of fused-ring (bicyclic) bond motifs is 1. The molecule has 1 N–H and O–H groups in total. The summed E-state index contributed by atoms with van der Waals surface area (Å²) in [5.41, 5.74) is 1.54. The second kappa shape index (κ2) is 6.01. The monoisotopic (exact) mass is 402 g/mol. The fourth-order valence-electron chi connectivity index (χ4n) is 1.85. The number of rotatable bonds is 3. The molecular weight excluding hydrogens is 395 g/mol. The number of nitrogens with zero attached hydrogens (tertiary/aromatic N) is 1. The Labute approximate surface area is 144 Å². The van der Waals surface area contributed by atoms with Gasteiger partial charge >= 0.3 is 0 Å². The van der Waals surface area contributed by atoms with E-state index in [-0.39, 0.29) is 0 Å². The van der Waals surface area contributed by atoms with Gasteiger partial charge in [-0.2, -0.15) is 0 Å². The molecular formula is C14H9BrCl2N2OS.